The maximum absolute atomic E-state index is 11.4. The zero-order chi connectivity index (χ0) is 24.4. The van der Waals surface area contributed by atoms with Crippen molar-refractivity contribution in [1.82, 2.24) is 15.0 Å². The molecule has 0 spiro atoms. The zero-order valence-corrected chi connectivity index (χ0v) is 19.6. The molecule has 2 amide bonds. The molecule has 0 saturated heterocycles. The molecule has 0 radical (unpaired) electrons. The molecule has 8 heteroatoms. The molecule has 0 unspecified atom stereocenters. The molecule has 5 aromatic rings. The first kappa shape index (κ1) is 22.3. The minimum atomic E-state index is -0.670. The fraction of sp³-hybridized carbons (Fsp3) is 0.0370. The van der Waals surface area contributed by atoms with Gasteiger partial charge in [0.05, 0.1) is 11.9 Å². The second-order valence-electron chi connectivity index (χ2n) is 7.89. The highest BCUT2D eigenvalue weighted by molar-refractivity contribution is 6.34. The summed E-state index contributed by atoms with van der Waals surface area (Å²) in [7, 11) is 1.92. The number of amides is 2. The van der Waals surface area contributed by atoms with E-state index in [0.717, 1.165) is 27.7 Å². The molecular formula is C27H21ClN6O. The van der Waals surface area contributed by atoms with Gasteiger partial charge in [0, 0.05) is 36.0 Å². The number of hydrogen-bond donors (Lipinski definition) is 2. The number of anilines is 3. The molecule has 0 aliphatic rings. The molecular weight excluding hydrogens is 460 g/mol. The smallest absolute Gasteiger partial charge is 0.316 e. The number of fused-ring (bicyclic) bond motifs is 1. The van der Waals surface area contributed by atoms with Crippen molar-refractivity contribution >= 4 is 45.7 Å². The van der Waals surface area contributed by atoms with E-state index in [9.17, 15) is 4.79 Å². The van der Waals surface area contributed by atoms with E-state index in [1.807, 2.05) is 60.5 Å². The number of primary amides is 1. The van der Waals surface area contributed by atoms with Crippen LogP contribution < -0.4 is 16.0 Å². The Morgan fingerprint density at radius 2 is 1.77 bits per heavy atom. The lowest BCUT2D eigenvalue weighted by Gasteiger charge is -2.23. The number of nitrogens with zero attached hydrogens (tertiary/aromatic N) is 4. The molecule has 3 heterocycles. The van der Waals surface area contributed by atoms with Gasteiger partial charge in [0.25, 0.3) is 0 Å². The lowest BCUT2D eigenvalue weighted by atomic mass is 9.94. The number of urea groups is 1. The van der Waals surface area contributed by atoms with Gasteiger partial charge >= 0.3 is 6.03 Å². The van der Waals surface area contributed by atoms with Gasteiger partial charge in [0.1, 0.15) is 16.8 Å². The first-order valence-electron chi connectivity index (χ1n) is 10.9. The van der Waals surface area contributed by atoms with Crippen molar-refractivity contribution in [3.63, 3.8) is 0 Å². The van der Waals surface area contributed by atoms with Crippen LogP contribution in [-0.4, -0.2) is 28.0 Å². The number of pyridine rings is 3. The Balaban J connectivity index is 1.82. The Hall–Kier alpha value is -4.49. The monoisotopic (exact) mass is 480 g/mol. The van der Waals surface area contributed by atoms with Gasteiger partial charge in [-0.25, -0.2) is 14.8 Å². The van der Waals surface area contributed by atoms with E-state index in [0.29, 0.717) is 27.8 Å². The van der Waals surface area contributed by atoms with E-state index in [2.05, 4.69) is 33.5 Å². The number of hydrogen-bond acceptors (Lipinski definition) is 5. The summed E-state index contributed by atoms with van der Waals surface area (Å²) < 4.78 is 0. The zero-order valence-electron chi connectivity index (χ0n) is 18.8. The molecule has 35 heavy (non-hydrogen) atoms. The highest BCUT2D eigenvalue weighted by atomic mass is 35.5. The Labute approximate surface area is 207 Å². The first-order valence-corrected chi connectivity index (χ1v) is 11.2. The molecule has 3 N–H and O–H groups in total. The minimum absolute atomic E-state index is 0.304. The second-order valence-corrected chi connectivity index (χ2v) is 8.25. The quantitative estimate of drug-likeness (QED) is 0.289. The molecule has 7 nitrogen and oxygen atoms in total. The molecule has 0 aliphatic carbocycles. The Kier molecular flexibility index (Phi) is 5.99. The summed E-state index contributed by atoms with van der Waals surface area (Å²) in [4.78, 5) is 26.9. The van der Waals surface area contributed by atoms with Gasteiger partial charge in [0.2, 0.25) is 0 Å². The number of nitrogens with two attached hydrogens (primary N) is 1. The number of halogens is 1. The largest absolute Gasteiger partial charge is 0.351 e. The lowest BCUT2D eigenvalue weighted by molar-refractivity contribution is 0.259. The summed E-state index contributed by atoms with van der Waals surface area (Å²) >= 11 is 6.83. The van der Waals surface area contributed by atoms with E-state index in [4.69, 9.17) is 22.3 Å². The molecule has 0 atom stereocenters. The SMILES string of the molecule is CN(c1ccccn1)c1nc(Cl)c(-c2cncc(NC(N)=O)c2)c2cccc(-c3ccccc3)c12. The normalized spacial score (nSPS) is 10.8. The van der Waals surface area contributed by atoms with Gasteiger partial charge in [-0.2, -0.15) is 0 Å². The van der Waals surface area contributed by atoms with E-state index in [1.54, 1.807) is 18.5 Å². The van der Waals surface area contributed by atoms with Crippen molar-refractivity contribution in [2.24, 2.45) is 5.73 Å². The maximum Gasteiger partial charge on any atom is 0.316 e. The summed E-state index contributed by atoms with van der Waals surface area (Å²) in [6.07, 6.45) is 4.95. The van der Waals surface area contributed by atoms with Gasteiger partial charge in [-0.3, -0.25) is 4.98 Å². The highest BCUT2D eigenvalue weighted by Crippen LogP contribution is 2.43. The number of carbonyl (C=O) groups excluding carboxylic acids is 1. The Bertz CT molecular complexity index is 1530. The van der Waals surface area contributed by atoms with Crippen LogP contribution in [-0.2, 0) is 0 Å². The minimum Gasteiger partial charge on any atom is -0.351 e. The fourth-order valence-electron chi connectivity index (χ4n) is 4.14. The average Bonchev–Trinajstić information content (AvgIpc) is 2.88. The predicted octanol–water partition coefficient (Wildman–Crippen LogP) is 6.27. The van der Waals surface area contributed by atoms with Crippen molar-refractivity contribution in [3.05, 3.63) is 96.5 Å². The molecule has 3 aromatic heterocycles. The summed E-state index contributed by atoms with van der Waals surface area (Å²) in [6.45, 7) is 0. The predicted molar refractivity (Wildman–Crippen MR) is 141 cm³/mol. The molecule has 0 aliphatic heterocycles. The van der Waals surface area contributed by atoms with Gasteiger partial charge in [-0.05, 0) is 34.7 Å². The lowest BCUT2D eigenvalue weighted by Crippen LogP contribution is -2.19. The number of nitrogens with one attached hydrogen (secondary N) is 1. The number of carbonyl (C=O) groups is 1. The van der Waals surface area contributed by atoms with Crippen molar-refractivity contribution < 1.29 is 4.79 Å². The van der Waals surface area contributed by atoms with Crippen LogP contribution in [0.3, 0.4) is 0 Å². The van der Waals surface area contributed by atoms with Crippen LogP contribution in [0.2, 0.25) is 5.15 Å². The van der Waals surface area contributed by atoms with Gasteiger partial charge in [-0.1, -0.05) is 66.2 Å². The van der Waals surface area contributed by atoms with E-state index >= 15 is 0 Å². The van der Waals surface area contributed by atoms with Crippen LogP contribution in [0.5, 0.6) is 0 Å². The van der Waals surface area contributed by atoms with Crippen molar-refractivity contribution in [2.75, 3.05) is 17.3 Å². The van der Waals surface area contributed by atoms with Gasteiger partial charge < -0.3 is 16.0 Å². The van der Waals surface area contributed by atoms with Crippen molar-refractivity contribution in [2.45, 2.75) is 0 Å². The summed E-state index contributed by atoms with van der Waals surface area (Å²) in [5.74, 6) is 1.41. The molecule has 2 aromatic carbocycles. The van der Waals surface area contributed by atoms with Crippen LogP contribution in [0.4, 0.5) is 22.1 Å². The summed E-state index contributed by atoms with van der Waals surface area (Å²) in [5.41, 5.74) is 9.23. The summed E-state index contributed by atoms with van der Waals surface area (Å²) in [6, 6.07) is 23.0. The topological polar surface area (TPSA) is 97.0 Å². The summed E-state index contributed by atoms with van der Waals surface area (Å²) in [5, 5.41) is 4.68. The standard InChI is InChI=1S/C27H21ClN6O/c1-34(22-12-5-6-13-31-22)26-24-20(17-8-3-2-4-9-17)10-7-11-21(24)23(25(28)33-26)18-14-19(16-30-15-18)32-27(29)35/h2-16H,1H3,(H3,29,32,35). The van der Waals surface area contributed by atoms with Gasteiger partial charge in [0.15, 0.2) is 0 Å². The van der Waals surface area contributed by atoms with Crippen molar-refractivity contribution in [3.8, 4) is 22.3 Å². The molecule has 0 bridgehead atoms. The van der Waals surface area contributed by atoms with Crippen LogP contribution in [0, 0.1) is 0 Å². The second kappa shape index (κ2) is 9.40. The Morgan fingerprint density at radius 1 is 0.971 bits per heavy atom. The van der Waals surface area contributed by atoms with Crippen LogP contribution >= 0.6 is 11.6 Å². The first-order chi connectivity index (χ1) is 17.0. The number of rotatable bonds is 5. The fourth-order valence-corrected chi connectivity index (χ4v) is 4.43. The number of aromatic nitrogens is 3. The molecule has 0 fully saturated rings. The average molecular weight is 481 g/mol. The molecule has 172 valence electrons. The highest BCUT2D eigenvalue weighted by Gasteiger charge is 2.21. The van der Waals surface area contributed by atoms with E-state index in [-0.39, 0.29) is 0 Å². The third-order valence-electron chi connectivity index (χ3n) is 5.66. The number of benzene rings is 2. The maximum atomic E-state index is 11.4. The van der Waals surface area contributed by atoms with Crippen LogP contribution in [0.25, 0.3) is 33.0 Å². The van der Waals surface area contributed by atoms with Crippen LogP contribution in [0.1, 0.15) is 0 Å². The third kappa shape index (κ3) is 4.37. The van der Waals surface area contributed by atoms with Gasteiger partial charge in [-0.15, -0.1) is 0 Å². The van der Waals surface area contributed by atoms with Crippen LogP contribution in [0.15, 0.2) is 91.4 Å². The van der Waals surface area contributed by atoms with E-state index < -0.39 is 6.03 Å². The molecule has 5 rings (SSSR count). The van der Waals surface area contributed by atoms with Crippen molar-refractivity contribution in [1.29, 1.82) is 0 Å². The third-order valence-corrected chi connectivity index (χ3v) is 5.93. The molecule has 0 saturated carbocycles. The van der Waals surface area contributed by atoms with E-state index in [1.165, 1.54) is 6.20 Å². The Morgan fingerprint density at radius 3 is 2.51 bits per heavy atom.